The van der Waals surface area contributed by atoms with Crippen LogP contribution in [0.2, 0.25) is 0 Å². The summed E-state index contributed by atoms with van der Waals surface area (Å²) in [7, 11) is 1.67. The summed E-state index contributed by atoms with van der Waals surface area (Å²) in [6, 6.07) is 0.000521. The molecule has 0 aromatic rings. The van der Waals surface area contributed by atoms with Crippen molar-refractivity contribution in [1.29, 1.82) is 0 Å². The fourth-order valence-electron chi connectivity index (χ4n) is 3.02. The van der Waals surface area contributed by atoms with E-state index < -0.39 is 0 Å². The van der Waals surface area contributed by atoms with Gasteiger partial charge < -0.3 is 16.0 Å². The number of rotatable bonds is 5. The third-order valence-electron chi connectivity index (χ3n) is 4.19. The second-order valence-electron chi connectivity index (χ2n) is 5.81. The molecular formula is C14H26N4O2. The lowest BCUT2D eigenvalue weighted by Gasteiger charge is -2.32. The topological polar surface area (TPSA) is 73.5 Å². The van der Waals surface area contributed by atoms with Crippen LogP contribution in [0, 0.1) is 5.92 Å². The molecule has 20 heavy (non-hydrogen) atoms. The number of carbonyl (C=O) groups is 2. The maximum Gasteiger partial charge on any atom is 0.237 e. The molecule has 2 rings (SSSR count). The second kappa shape index (κ2) is 7.59. The largest absolute Gasteiger partial charge is 0.358 e. The summed E-state index contributed by atoms with van der Waals surface area (Å²) in [6.07, 6.45) is 4.25. The lowest BCUT2D eigenvalue weighted by Crippen LogP contribution is -2.47. The molecule has 6 heteroatoms. The standard InChI is InChI=1S/C14H26N4O2/c1-15-13(19)10-18-7-3-4-11(9-18)8-17-14(20)12-5-2-6-16-12/h11-12,16H,2-10H2,1H3,(H,15,19)(H,17,20). The number of piperidine rings is 1. The van der Waals surface area contributed by atoms with E-state index >= 15 is 0 Å². The van der Waals surface area contributed by atoms with Gasteiger partial charge in [-0.25, -0.2) is 0 Å². The molecule has 0 aromatic carbocycles. The lowest BCUT2D eigenvalue weighted by atomic mass is 9.98. The van der Waals surface area contributed by atoms with Crippen LogP contribution in [0.25, 0.3) is 0 Å². The van der Waals surface area contributed by atoms with E-state index in [1.807, 2.05) is 0 Å². The van der Waals surface area contributed by atoms with Crippen LogP contribution in [0.3, 0.4) is 0 Å². The molecule has 2 aliphatic rings. The van der Waals surface area contributed by atoms with Crippen molar-refractivity contribution >= 4 is 11.8 Å². The molecule has 0 aliphatic carbocycles. The first-order valence-electron chi connectivity index (χ1n) is 7.63. The predicted octanol–water partition coefficient (Wildman–Crippen LogP) is -0.687. The van der Waals surface area contributed by atoms with Gasteiger partial charge in [-0.2, -0.15) is 0 Å². The van der Waals surface area contributed by atoms with Crippen molar-refractivity contribution in [1.82, 2.24) is 20.9 Å². The maximum absolute atomic E-state index is 11.9. The van der Waals surface area contributed by atoms with Crippen molar-refractivity contribution in [3.63, 3.8) is 0 Å². The molecule has 0 spiro atoms. The molecule has 2 fully saturated rings. The molecule has 2 unspecified atom stereocenters. The molecule has 6 nitrogen and oxygen atoms in total. The third-order valence-corrected chi connectivity index (χ3v) is 4.19. The van der Waals surface area contributed by atoms with Crippen LogP contribution in [0.5, 0.6) is 0 Å². The van der Waals surface area contributed by atoms with Crippen LogP contribution in [0.4, 0.5) is 0 Å². The van der Waals surface area contributed by atoms with Crippen molar-refractivity contribution in [2.75, 3.05) is 39.8 Å². The Morgan fingerprint density at radius 1 is 1.30 bits per heavy atom. The predicted molar refractivity (Wildman–Crippen MR) is 77.3 cm³/mol. The molecule has 2 saturated heterocycles. The summed E-state index contributed by atoms with van der Waals surface area (Å²) in [4.78, 5) is 25.5. The molecule has 0 aromatic heterocycles. The van der Waals surface area contributed by atoms with Gasteiger partial charge >= 0.3 is 0 Å². The lowest BCUT2D eigenvalue weighted by molar-refractivity contribution is -0.124. The van der Waals surface area contributed by atoms with Crippen molar-refractivity contribution in [3.8, 4) is 0 Å². The smallest absolute Gasteiger partial charge is 0.237 e. The molecule has 3 N–H and O–H groups in total. The fourth-order valence-corrected chi connectivity index (χ4v) is 3.02. The van der Waals surface area contributed by atoms with E-state index in [1.54, 1.807) is 7.05 Å². The van der Waals surface area contributed by atoms with Crippen LogP contribution < -0.4 is 16.0 Å². The molecule has 2 atom stereocenters. The molecule has 114 valence electrons. The van der Waals surface area contributed by atoms with Crippen LogP contribution in [-0.4, -0.2) is 62.5 Å². The summed E-state index contributed by atoms with van der Waals surface area (Å²) >= 11 is 0. The zero-order chi connectivity index (χ0) is 14.4. The van der Waals surface area contributed by atoms with Crippen LogP contribution in [0.1, 0.15) is 25.7 Å². The highest BCUT2D eigenvalue weighted by molar-refractivity contribution is 5.82. The van der Waals surface area contributed by atoms with Gasteiger partial charge in [0.15, 0.2) is 0 Å². The van der Waals surface area contributed by atoms with Gasteiger partial charge in [-0.1, -0.05) is 0 Å². The minimum Gasteiger partial charge on any atom is -0.358 e. The van der Waals surface area contributed by atoms with Crippen molar-refractivity contribution < 1.29 is 9.59 Å². The van der Waals surface area contributed by atoms with E-state index in [0.29, 0.717) is 12.5 Å². The summed E-state index contributed by atoms with van der Waals surface area (Å²) in [6.45, 7) is 4.00. The first-order valence-corrected chi connectivity index (χ1v) is 7.63. The Hall–Kier alpha value is -1.14. The van der Waals surface area contributed by atoms with Gasteiger partial charge in [0.1, 0.15) is 0 Å². The zero-order valence-electron chi connectivity index (χ0n) is 12.3. The van der Waals surface area contributed by atoms with Crippen LogP contribution in [-0.2, 0) is 9.59 Å². The summed E-state index contributed by atoms with van der Waals surface area (Å²) in [5.41, 5.74) is 0. The van der Waals surface area contributed by atoms with Crippen molar-refractivity contribution in [2.24, 2.45) is 5.92 Å². The van der Waals surface area contributed by atoms with Crippen LogP contribution >= 0.6 is 0 Å². The first kappa shape index (κ1) is 15.3. The highest BCUT2D eigenvalue weighted by Gasteiger charge is 2.25. The number of hydrogen-bond donors (Lipinski definition) is 3. The number of nitrogens with one attached hydrogen (secondary N) is 3. The number of nitrogens with zero attached hydrogens (tertiary/aromatic N) is 1. The molecule has 0 radical (unpaired) electrons. The Bertz CT molecular complexity index is 342. The Morgan fingerprint density at radius 2 is 2.15 bits per heavy atom. The minimum atomic E-state index is 0.000521. The quantitative estimate of drug-likeness (QED) is 0.624. The Morgan fingerprint density at radius 3 is 2.85 bits per heavy atom. The van der Waals surface area contributed by atoms with Gasteiger partial charge in [0.2, 0.25) is 11.8 Å². The minimum absolute atomic E-state index is 0.000521. The highest BCUT2D eigenvalue weighted by Crippen LogP contribution is 2.15. The molecule has 0 bridgehead atoms. The Kier molecular flexibility index (Phi) is 5.79. The van der Waals surface area contributed by atoms with Gasteiger partial charge in [-0.15, -0.1) is 0 Å². The van der Waals surface area contributed by atoms with Crippen molar-refractivity contribution in [2.45, 2.75) is 31.7 Å². The van der Waals surface area contributed by atoms with Crippen LogP contribution in [0.15, 0.2) is 0 Å². The first-order chi connectivity index (χ1) is 9.69. The molecule has 2 heterocycles. The maximum atomic E-state index is 11.9. The highest BCUT2D eigenvalue weighted by atomic mass is 16.2. The van der Waals surface area contributed by atoms with E-state index in [1.165, 1.54) is 0 Å². The number of likely N-dealkylation sites (tertiary alicyclic amines) is 1. The van der Waals surface area contributed by atoms with E-state index in [0.717, 1.165) is 51.9 Å². The van der Waals surface area contributed by atoms with E-state index in [4.69, 9.17) is 0 Å². The Labute approximate surface area is 120 Å². The van der Waals surface area contributed by atoms with Gasteiger partial charge in [0, 0.05) is 20.1 Å². The third kappa shape index (κ3) is 4.45. The zero-order valence-corrected chi connectivity index (χ0v) is 12.3. The average Bonchev–Trinajstić information content (AvgIpc) is 2.99. The SMILES string of the molecule is CNC(=O)CN1CCCC(CNC(=O)C2CCCN2)C1. The number of carbonyl (C=O) groups excluding carboxylic acids is 2. The number of likely N-dealkylation sites (N-methyl/N-ethyl adjacent to an activating group) is 1. The summed E-state index contributed by atoms with van der Waals surface area (Å²) in [5, 5.41) is 8.92. The fraction of sp³-hybridized carbons (Fsp3) is 0.857. The average molecular weight is 282 g/mol. The molecule has 2 aliphatic heterocycles. The summed E-state index contributed by atoms with van der Waals surface area (Å²) in [5.74, 6) is 0.648. The normalized spacial score (nSPS) is 27.2. The van der Waals surface area contributed by atoms with Gasteiger partial charge in [0.05, 0.1) is 12.6 Å². The van der Waals surface area contributed by atoms with Crippen molar-refractivity contribution in [3.05, 3.63) is 0 Å². The van der Waals surface area contributed by atoms with E-state index in [2.05, 4.69) is 20.9 Å². The number of amides is 2. The molecule has 2 amide bonds. The second-order valence-corrected chi connectivity index (χ2v) is 5.81. The van der Waals surface area contributed by atoms with E-state index in [-0.39, 0.29) is 17.9 Å². The monoisotopic (exact) mass is 282 g/mol. The van der Waals surface area contributed by atoms with E-state index in [9.17, 15) is 9.59 Å². The van der Waals surface area contributed by atoms with Gasteiger partial charge in [0.25, 0.3) is 0 Å². The Balaban J connectivity index is 1.69. The summed E-state index contributed by atoms with van der Waals surface area (Å²) < 4.78 is 0. The van der Waals surface area contributed by atoms with Gasteiger partial charge in [-0.3, -0.25) is 14.5 Å². The van der Waals surface area contributed by atoms with Gasteiger partial charge in [-0.05, 0) is 44.7 Å². The number of hydrogen-bond acceptors (Lipinski definition) is 4. The molecular weight excluding hydrogens is 256 g/mol. The molecule has 0 saturated carbocycles.